The molecule has 2 aliphatic carbocycles. The van der Waals surface area contributed by atoms with Crippen molar-refractivity contribution < 1.29 is 5.11 Å². The number of hydrogen-bond donors (Lipinski definition) is 1. The van der Waals surface area contributed by atoms with E-state index < -0.39 is 0 Å². The van der Waals surface area contributed by atoms with Gasteiger partial charge in [-0.15, -0.1) is 0 Å². The summed E-state index contributed by atoms with van der Waals surface area (Å²) in [6.45, 7) is 5.44. The van der Waals surface area contributed by atoms with Gasteiger partial charge in [0.25, 0.3) is 0 Å². The van der Waals surface area contributed by atoms with Crippen LogP contribution < -0.4 is 0 Å². The first-order chi connectivity index (χ1) is 6.72. The summed E-state index contributed by atoms with van der Waals surface area (Å²) in [6, 6.07) is 0. The minimum atomic E-state index is -0.342. The monoisotopic (exact) mass is 197 g/mol. The SMILES string of the molecule is CCN(CC1CC1)CC1(O)CCCC1. The van der Waals surface area contributed by atoms with Crippen LogP contribution in [0.25, 0.3) is 0 Å². The minimum Gasteiger partial charge on any atom is -0.389 e. The van der Waals surface area contributed by atoms with Crippen LogP contribution in [0.15, 0.2) is 0 Å². The first-order valence-corrected chi connectivity index (χ1v) is 6.16. The van der Waals surface area contributed by atoms with Gasteiger partial charge in [0.2, 0.25) is 0 Å². The average molecular weight is 197 g/mol. The Morgan fingerprint density at radius 2 is 1.93 bits per heavy atom. The Kier molecular flexibility index (Phi) is 3.13. The predicted octanol–water partition coefficient (Wildman–Crippen LogP) is 2.02. The van der Waals surface area contributed by atoms with E-state index in [0.717, 1.165) is 31.8 Å². The molecule has 0 radical (unpaired) electrons. The van der Waals surface area contributed by atoms with Crippen molar-refractivity contribution in [2.24, 2.45) is 5.92 Å². The van der Waals surface area contributed by atoms with E-state index in [4.69, 9.17) is 0 Å². The summed E-state index contributed by atoms with van der Waals surface area (Å²) in [7, 11) is 0. The molecule has 2 nitrogen and oxygen atoms in total. The molecule has 0 amide bonds. The minimum absolute atomic E-state index is 0.342. The van der Waals surface area contributed by atoms with E-state index >= 15 is 0 Å². The third kappa shape index (κ3) is 2.71. The second-order valence-corrected chi connectivity index (χ2v) is 5.20. The van der Waals surface area contributed by atoms with Crippen molar-refractivity contribution in [2.45, 2.75) is 51.0 Å². The fourth-order valence-electron chi connectivity index (χ4n) is 2.58. The van der Waals surface area contributed by atoms with Gasteiger partial charge < -0.3 is 10.0 Å². The molecule has 1 N–H and O–H groups in total. The van der Waals surface area contributed by atoms with Gasteiger partial charge in [-0.3, -0.25) is 0 Å². The zero-order chi connectivity index (χ0) is 10.0. The molecular formula is C12H23NO. The molecule has 0 heterocycles. The van der Waals surface area contributed by atoms with Crippen LogP contribution in [0, 0.1) is 5.92 Å². The zero-order valence-electron chi connectivity index (χ0n) is 9.34. The number of rotatable bonds is 5. The molecule has 0 unspecified atom stereocenters. The number of hydrogen-bond acceptors (Lipinski definition) is 2. The van der Waals surface area contributed by atoms with Gasteiger partial charge in [-0.2, -0.15) is 0 Å². The van der Waals surface area contributed by atoms with Crippen molar-refractivity contribution in [1.82, 2.24) is 4.90 Å². The summed E-state index contributed by atoms with van der Waals surface area (Å²) in [5.41, 5.74) is -0.342. The molecule has 2 saturated carbocycles. The molecule has 14 heavy (non-hydrogen) atoms. The molecule has 2 aliphatic rings. The van der Waals surface area contributed by atoms with Gasteiger partial charge >= 0.3 is 0 Å². The Labute approximate surface area is 87.3 Å². The maximum Gasteiger partial charge on any atom is 0.0774 e. The van der Waals surface area contributed by atoms with Crippen molar-refractivity contribution in [3.63, 3.8) is 0 Å². The number of nitrogens with zero attached hydrogens (tertiary/aromatic N) is 1. The first-order valence-electron chi connectivity index (χ1n) is 6.16. The standard InChI is InChI=1S/C12H23NO/c1-2-13(9-11-5-6-11)10-12(14)7-3-4-8-12/h11,14H,2-10H2,1H3. The summed E-state index contributed by atoms with van der Waals surface area (Å²) >= 11 is 0. The molecule has 2 rings (SSSR count). The Bertz CT molecular complexity index is 183. The summed E-state index contributed by atoms with van der Waals surface area (Å²) in [4.78, 5) is 2.45. The lowest BCUT2D eigenvalue weighted by Crippen LogP contribution is -2.41. The molecule has 0 aromatic rings. The van der Waals surface area contributed by atoms with Gasteiger partial charge in [-0.1, -0.05) is 19.8 Å². The van der Waals surface area contributed by atoms with E-state index in [1.54, 1.807) is 0 Å². The molecule has 0 bridgehead atoms. The second-order valence-electron chi connectivity index (χ2n) is 5.20. The van der Waals surface area contributed by atoms with Crippen molar-refractivity contribution in [2.75, 3.05) is 19.6 Å². The van der Waals surface area contributed by atoms with Crippen LogP contribution in [0.3, 0.4) is 0 Å². The second kappa shape index (κ2) is 4.19. The van der Waals surface area contributed by atoms with Gasteiger partial charge in [0.15, 0.2) is 0 Å². The Morgan fingerprint density at radius 1 is 1.29 bits per heavy atom. The van der Waals surface area contributed by atoms with Crippen LogP contribution >= 0.6 is 0 Å². The third-order valence-electron chi connectivity index (χ3n) is 3.71. The van der Waals surface area contributed by atoms with Crippen LogP contribution in [0.5, 0.6) is 0 Å². The molecule has 2 heteroatoms. The van der Waals surface area contributed by atoms with Crippen LogP contribution in [-0.2, 0) is 0 Å². The van der Waals surface area contributed by atoms with E-state index in [-0.39, 0.29) is 5.60 Å². The Morgan fingerprint density at radius 3 is 2.43 bits per heavy atom. The van der Waals surface area contributed by atoms with Crippen LogP contribution in [-0.4, -0.2) is 35.2 Å². The highest BCUT2D eigenvalue weighted by Crippen LogP contribution is 2.33. The van der Waals surface area contributed by atoms with Gasteiger partial charge in [0, 0.05) is 13.1 Å². The highest BCUT2D eigenvalue weighted by molar-refractivity contribution is 4.88. The highest BCUT2D eigenvalue weighted by atomic mass is 16.3. The lowest BCUT2D eigenvalue weighted by molar-refractivity contribution is 0.00957. The lowest BCUT2D eigenvalue weighted by atomic mass is 10.0. The van der Waals surface area contributed by atoms with Gasteiger partial charge in [0.1, 0.15) is 0 Å². The van der Waals surface area contributed by atoms with Gasteiger partial charge in [-0.25, -0.2) is 0 Å². The molecule has 0 atom stereocenters. The highest BCUT2D eigenvalue weighted by Gasteiger charge is 2.34. The average Bonchev–Trinajstić information content (AvgIpc) is 2.87. The molecule has 2 fully saturated rings. The van der Waals surface area contributed by atoms with Crippen LogP contribution in [0.4, 0.5) is 0 Å². The number of likely N-dealkylation sites (N-methyl/N-ethyl adjacent to an activating group) is 1. The fourth-order valence-corrected chi connectivity index (χ4v) is 2.58. The predicted molar refractivity (Wildman–Crippen MR) is 58.3 cm³/mol. The summed E-state index contributed by atoms with van der Waals surface area (Å²) in [5.74, 6) is 0.944. The van der Waals surface area contributed by atoms with Crippen molar-refractivity contribution >= 4 is 0 Å². The van der Waals surface area contributed by atoms with E-state index in [1.807, 2.05) is 0 Å². The van der Waals surface area contributed by atoms with E-state index in [0.29, 0.717) is 0 Å². The van der Waals surface area contributed by atoms with Crippen molar-refractivity contribution in [3.05, 3.63) is 0 Å². The largest absolute Gasteiger partial charge is 0.389 e. The van der Waals surface area contributed by atoms with Crippen molar-refractivity contribution in [1.29, 1.82) is 0 Å². The van der Waals surface area contributed by atoms with E-state index in [1.165, 1.54) is 32.2 Å². The smallest absolute Gasteiger partial charge is 0.0774 e. The van der Waals surface area contributed by atoms with Crippen LogP contribution in [0.2, 0.25) is 0 Å². The molecule has 0 spiro atoms. The Hall–Kier alpha value is -0.0800. The topological polar surface area (TPSA) is 23.5 Å². The quantitative estimate of drug-likeness (QED) is 0.729. The molecule has 82 valence electrons. The van der Waals surface area contributed by atoms with E-state index in [9.17, 15) is 5.11 Å². The maximum absolute atomic E-state index is 10.3. The maximum atomic E-state index is 10.3. The fraction of sp³-hybridized carbons (Fsp3) is 1.00. The molecule has 0 aromatic carbocycles. The summed E-state index contributed by atoms with van der Waals surface area (Å²) < 4.78 is 0. The third-order valence-corrected chi connectivity index (χ3v) is 3.71. The molecule has 0 saturated heterocycles. The summed E-state index contributed by atoms with van der Waals surface area (Å²) in [5, 5.41) is 10.3. The normalized spacial score (nSPS) is 25.9. The lowest BCUT2D eigenvalue weighted by Gasteiger charge is -2.30. The Balaban J connectivity index is 1.79. The van der Waals surface area contributed by atoms with Gasteiger partial charge in [0.05, 0.1) is 5.60 Å². The van der Waals surface area contributed by atoms with Crippen molar-refractivity contribution in [3.8, 4) is 0 Å². The molecule has 0 aromatic heterocycles. The number of aliphatic hydroxyl groups is 1. The summed E-state index contributed by atoms with van der Waals surface area (Å²) in [6.07, 6.45) is 7.31. The molecule has 0 aliphatic heterocycles. The van der Waals surface area contributed by atoms with E-state index in [2.05, 4.69) is 11.8 Å². The van der Waals surface area contributed by atoms with Crippen LogP contribution in [0.1, 0.15) is 45.4 Å². The van der Waals surface area contributed by atoms with Gasteiger partial charge in [-0.05, 0) is 38.1 Å². The molecular weight excluding hydrogens is 174 g/mol. The zero-order valence-corrected chi connectivity index (χ0v) is 9.34. The first kappa shape index (κ1) is 10.4.